The van der Waals surface area contributed by atoms with Crippen molar-refractivity contribution in [2.45, 2.75) is 0 Å². The Morgan fingerprint density at radius 1 is 0.974 bits per heavy atom. The van der Waals surface area contributed by atoms with Crippen molar-refractivity contribution in [3.05, 3.63) is 102 Å². The summed E-state index contributed by atoms with van der Waals surface area (Å²) in [6, 6.07) is 27.9. The highest BCUT2D eigenvalue weighted by atomic mass is 32.1. The number of hydrogen-bond acceptors (Lipinski definition) is 8. The number of aromatic nitrogens is 3. The second-order valence-electron chi connectivity index (χ2n) is 8.33. The summed E-state index contributed by atoms with van der Waals surface area (Å²) in [5.74, 6) is -0.358. The van der Waals surface area contributed by atoms with Crippen LogP contribution in [0.4, 0.5) is 17.2 Å². The van der Waals surface area contributed by atoms with Gasteiger partial charge in [0.15, 0.2) is 11.6 Å². The zero-order valence-electron chi connectivity index (χ0n) is 19.7. The van der Waals surface area contributed by atoms with Gasteiger partial charge in [0.25, 0.3) is 5.91 Å². The first kappa shape index (κ1) is 23.0. The van der Waals surface area contributed by atoms with Crippen LogP contribution in [0.3, 0.4) is 0 Å². The van der Waals surface area contributed by atoms with Gasteiger partial charge in [0.05, 0.1) is 22.0 Å². The van der Waals surface area contributed by atoms with Crippen molar-refractivity contribution in [2.24, 2.45) is 0 Å². The number of nitrogens with one attached hydrogen (secondary N) is 3. The van der Waals surface area contributed by atoms with Crippen LogP contribution in [0, 0.1) is 11.3 Å². The third kappa shape index (κ3) is 4.13. The van der Waals surface area contributed by atoms with E-state index in [1.165, 1.54) is 22.2 Å². The molecule has 6 aromatic rings. The van der Waals surface area contributed by atoms with Crippen LogP contribution in [0.5, 0.6) is 5.75 Å². The van der Waals surface area contributed by atoms with Crippen LogP contribution in [0.2, 0.25) is 0 Å². The smallest absolute Gasteiger partial charge is 0.259 e. The number of anilines is 3. The SMILES string of the molecule is N#Cc1cnn(-c2nc3ccccc3s2)c1NNc1c(O)c(C(=O)Nc2ccccc2)cc2ccccc12. The Morgan fingerprint density at radius 3 is 2.55 bits per heavy atom. The quantitative estimate of drug-likeness (QED) is 0.160. The van der Waals surface area contributed by atoms with Gasteiger partial charge in [-0.3, -0.25) is 15.6 Å². The summed E-state index contributed by atoms with van der Waals surface area (Å²) in [6.45, 7) is 0. The van der Waals surface area contributed by atoms with E-state index >= 15 is 0 Å². The van der Waals surface area contributed by atoms with Crippen LogP contribution >= 0.6 is 11.3 Å². The summed E-state index contributed by atoms with van der Waals surface area (Å²) in [7, 11) is 0. The van der Waals surface area contributed by atoms with E-state index in [9.17, 15) is 15.2 Å². The van der Waals surface area contributed by atoms with E-state index < -0.39 is 5.91 Å². The highest BCUT2D eigenvalue weighted by Crippen LogP contribution is 2.37. The van der Waals surface area contributed by atoms with Crippen LogP contribution in [-0.2, 0) is 0 Å². The van der Waals surface area contributed by atoms with Crippen molar-refractivity contribution in [3.63, 3.8) is 0 Å². The molecular weight excluding hydrogens is 498 g/mol. The molecule has 0 aliphatic rings. The second kappa shape index (κ2) is 9.57. The summed E-state index contributed by atoms with van der Waals surface area (Å²) < 4.78 is 2.51. The fourth-order valence-corrected chi connectivity index (χ4v) is 5.05. The van der Waals surface area contributed by atoms with Crippen LogP contribution in [-0.4, -0.2) is 25.8 Å². The van der Waals surface area contributed by atoms with Crippen LogP contribution in [0.15, 0.2) is 91.1 Å². The van der Waals surface area contributed by atoms with Gasteiger partial charge in [-0.25, -0.2) is 4.98 Å². The number of para-hydroxylation sites is 2. The molecule has 0 aliphatic heterocycles. The largest absolute Gasteiger partial charge is 0.505 e. The average molecular weight is 518 g/mol. The number of amides is 1. The lowest BCUT2D eigenvalue weighted by atomic mass is 10.0. The third-order valence-electron chi connectivity index (χ3n) is 5.96. The zero-order valence-corrected chi connectivity index (χ0v) is 20.5. The Balaban J connectivity index is 1.38. The number of phenols is 1. The topological polar surface area (TPSA) is 128 Å². The van der Waals surface area contributed by atoms with Crippen molar-refractivity contribution in [1.82, 2.24) is 14.8 Å². The average Bonchev–Trinajstić information content (AvgIpc) is 3.56. The van der Waals surface area contributed by atoms with Gasteiger partial charge in [0, 0.05) is 11.1 Å². The Hall–Kier alpha value is -5.40. The number of hydrogen-bond donors (Lipinski definition) is 4. The number of fused-ring (bicyclic) bond motifs is 2. The number of thiazole rings is 1. The molecule has 0 unspecified atom stereocenters. The normalized spacial score (nSPS) is 10.8. The van der Waals surface area contributed by atoms with Gasteiger partial charge in [-0.2, -0.15) is 15.0 Å². The van der Waals surface area contributed by atoms with Crippen LogP contribution < -0.4 is 16.2 Å². The highest BCUT2D eigenvalue weighted by molar-refractivity contribution is 7.20. The second-order valence-corrected chi connectivity index (χ2v) is 9.34. The Labute approximate surface area is 220 Å². The fraction of sp³-hybridized carbons (Fsp3) is 0. The zero-order chi connectivity index (χ0) is 26.1. The number of phenolic OH excluding ortho intramolecular Hbond substituents is 1. The number of carbonyl (C=O) groups is 1. The van der Waals surface area contributed by atoms with Crippen molar-refractivity contribution in [3.8, 4) is 17.0 Å². The highest BCUT2D eigenvalue weighted by Gasteiger charge is 2.20. The van der Waals surface area contributed by atoms with E-state index in [1.807, 2.05) is 66.7 Å². The van der Waals surface area contributed by atoms with E-state index in [2.05, 4.69) is 32.3 Å². The van der Waals surface area contributed by atoms with Gasteiger partial charge in [-0.1, -0.05) is 65.9 Å². The maximum absolute atomic E-state index is 13.1. The van der Waals surface area contributed by atoms with Crippen molar-refractivity contribution >= 4 is 55.4 Å². The van der Waals surface area contributed by atoms with Crippen molar-refractivity contribution < 1.29 is 9.90 Å². The molecule has 4 aromatic carbocycles. The lowest BCUT2D eigenvalue weighted by Gasteiger charge is -2.17. The Kier molecular flexibility index (Phi) is 5.80. The maximum atomic E-state index is 13.1. The van der Waals surface area contributed by atoms with Gasteiger partial charge >= 0.3 is 0 Å². The molecule has 4 N–H and O–H groups in total. The van der Waals surface area contributed by atoms with E-state index in [1.54, 1.807) is 18.2 Å². The first-order valence-electron chi connectivity index (χ1n) is 11.6. The van der Waals surface area contributed by atoms with Gasteiger partial charge in [-0.05, 0) is 35.7 Å². The minimum atomic E-state index is -0.459. The van der Waals surface area contributed by atoms with Gasteiger partial charge in [-0.15, -0.1) is 0 Å². The molecule has 38 heavy (non-hydrogen) atoms. The molecule has 1 amide bonds. The standard InChI is InChI=1S/C28H19N7O2S/c29-15-18-16-30-35(28-32-22-12-6-7-13-23(22)38-28)26(18)34-33-24-20-11-5-4-8-17(20)14-21(25(24)36)27(37)31-19-9-2-1-3-10-19/h1-14,16,33-34,36H,(H,31,37). The summed E-state index contributed by atoms with van der Waals surface area (Å²) in [6.07, 6.45) is 1.44. The lowest BCUT2D eigenvalue weighted by Crippen LogP contribution is -2.16. The molecule has 2 heterocycles. The molecule has 0 fully saturated rings. The molecule has 0 saturated carbocycles. The number of rotatable bonds is 6. The minimum absolute atomic E-state index is 0.0945. The number of nitriles is 1. The summed E-state index contributed by atoms with van der Waals surface area (Å²) >= 11 is 1.43. The van der Waals surface area contributed by atoms with Gasteiger partial charge < -0.3 is 10.4 Å². The summed E-state index contributed by atoms with van der Waals surface area (Å²) in [5, 5.41) is 30.1. The molecule has 0 spiro atoms. The number of hydrazine groups is 1. The molecule has 0 bridgehead atoms. The van der Waals surface area contributed by atoms with Crippen molar-refractivity contribution in [2.75, 3.05) is 16.2 Å². The number of aromatic hydroxyl groups is 1. The molecule has 0 saturated heterocycles. The van der Waals surface area contributed by atoms with Crippen LogP contribution in [0.1, 0.15) is 15.9 Å². The summed E-state index contributed by atoms with van der Waals surface area (Å²) in [4.78, 5) is 17.7. The van der Waals surface area contributed by atoms with Crippen molar-refractivity contribution in [1.29, 1.82) is 5.26 Å². The monoisotopic (exact) mass is 517 g/mol. The molecule has 2 aromatic heterocycles. The van der Waals surface area contributed by atoms with Gasteiger partial charge in [0.1, 0.15) is 17.3 Å². The molecule has 10 heteroatoms. The maximum Gasteiger partial charge on any atom is 0.259 e. The predicted molar refractivity (Wildman–Crippen MR) is 149 cm³/mol. The van der Waals surface area contributed by atoms with Gasteiger partial charge in [0.2, 0.25) is 5.13 Å². The molecular formula is C28H19N7O2S. The van der Waals surface area contributed by atoms with Crippen LogP contribution in [0.25, 0.3) is 26.1 Å². The van der Waals surface area contributed by atoms with E-state index in [-0.39, 0.29) is 22.6 Å². The van der Waals surface area contributed by atoms with E-state index in [4.69, 9.17) is 0 Å². The fourth-order valence-electron chi connectivity index (χ4n) is 4.12. The number of nitrogens with zero attached hydrogens (tertiary/aromatic N) is 4. The number of benzene rings is 4. The number of carbonyl (C=O) groups excluding carboxylic acids is 1. The molecule has 6 rings (SSSR count). The molecule has 0 radical (unpaired) electrons. The van der Waals surface area contributed by atoms with E-state index in [0.717, 1.165) is 15.6 Å². The molecule has 0 atom stereocenters. The molecule has 9 nitrogen and oxygen atoms in total. The molecule has 184 valence electrons. The Morgan fingerprint density at radius 2 is 1.74 bits per heavy atom. The first-order valence-corrected chi connectivity index (χ1v) is 12.4. The summed E-state index contributed by atoms with van der Waals surface area (Å²) in [5.41, 5.74) is 8.12. The molecule has 0 aliphatic carbocycles. The predicted octanol–water partition coefficient (Wildman–Crippen LogP) is 5.90. The van der Waals surface area contributed by atoms with E-state index in [0.29, 0.717) is 22.0 Å². The third-order valence-corrected chi connectivity index (χ3v) is 6.97. The minimum Gasteiger partial charge on any atom is -0.505 e. The first-order chi connectivity index (χ1) is 18.6. The Bertz CT molecular complexity index is 1820. The lowest BCUT2D eigenvalue weighted by molar-refractivity contribution is 0.102.